The molecule has 0 heterocycles. The third kappa shape index (κ3) is 3.09. The van der Waals surface area contributed by atoms with Crippen molar-refractivity contribution in [3.8, 4) is 5.75 Å². The molecule has 14 heavy (non-hydrogen) atoms. The van der Waals surface area contributed by atoms with Crippen molar-refractivity contribution >= 4 is 11.5 Å². The highest BCUT2D eigenvalue weighted by Crippen LogP contribution is 2.17. The van der Waals surface area contributed by atoms with Gasteiger partial charge in [-0.3, -0.25) is 0 Å². The number of hydrogen-bond acceptors (Lipinski definition) is 2. The van der Waals surface area contributed by atoms with Gasteiger partial charge < -0.3 is 10.5 Å². The lowest BCUT2D eigenvalue weighted by molar-refractivity contribution is 0.415. The van der Waals surface area contributed by atoms with Gasteiger partial charge in [-0.25, -0.2) is 4.99 Å². The van der Waals surface area contributed by atoms with Crippen molar-refractivity contribution < 1.29 is 4.74 Å². The van der Waals surface area contributed by atoms with Gasteiger partial charge in [0, 0.05) is 6.42 Å². The molecule has 0 atom stereocenters. The first-order chi connectivity index (χ1) is 6.76. The molecule has 76 valence electrons. The van der Waals surface area contributed by atoms with Crippen molar-refractivity contribution in [2.45, 2.75) is 19.8 Å². The predicted molar refractivity (Wildman–Crippen MR) is 59.2 cm³/mol. The number of ether oxygens (including phenoxy) is 1. The maximum Gasteiger partial charge on any atom is 0.119 e. The van der Waals surface area contributed by atoms with E-state index in [4.69, 9.17) is 10.5 Å². The largest absolute Gasteiger partial charge is 0.497 e. The summed E-state index contributed by atoms with van der Waals surface area (Å²) in [6, 6.07) is 7.53. The van der Waals surface area contributed by atoms with Crippen LogP contribution in [0, 0.1) is 0 Å². The second-order valence-corrected chi connectivity index (χ2v) is 3.05. The number of aliphatic imine (C=N–C) groups is 1. The number of methoxy groups -OCH3 is 1. The van der Waals surface area contributed by atoms with Crippen LogP contribution in [0.3, 0.4) is 0 Å². The standard InChI is InChI=1S/C11H16N2O/c1-3-4-11(12)13-9-5-7-10(14-2)8-6-9/h5-8H,3-4H2,1-2H3,(H2,12,13). The summed E-state index contributed by atoms with van der Waals surface area (Å²) in [4.78, 5) is 4.26. The van der Waals surface area contributed by atoms with E-state index in [1.54, 1.807) is 7.11 Å². The number of benzene rings is 1. The number of amidine groups is 1. The molecule has 3 nitrogen and oxygen atoms in total. The second-order valence-electron chi connectivity index (χ2n) is 3.05. The molecule has 0 bridgehead atoms. The van der Waals surface area contributed by atoms with Crippen LogP contribution in [0.15, 0.2) is 29.3 Å². The van der Waals surface area contributed by atoms with Gasteiger partial charge in [0.2, 0.25) is 0 Å². The number of nitrogens with two attached hydrogens (primary N) is 1. The molecule has 1 aromatic carbocycles. The Labute approximate surface area is 84.6 Å². The summed E-state index contributed by atoms with van der Waals surface area (Å²) in [7, 11) is 1.64. The zero-order valence-electron chi connectivity index (χ0n) is 8.66. The van der Waals surface area contributed by atoms with E-state index in [9.17, 15) is 0 Å². The first kappa shape index (κ1) is 10.6. The van der Waals surface area contributed by atoms with Crippen LogP contribution in [-0.4, -0.2) is 12.9 Å². The lowest BCUT2D eigenvalue weighted by Crippen LogP contribution is -2.09. The Morgan fingerprint density at radius 3 is 2.50 bits per heavy atom. The molecular formula is C11H16N2O. The second kappa shape index (κ2) is 5.27. The molecule has 2 N–H and O–H groups in total. The summed E-state index contributed by atoms with van der Waals surface area (Å²) >= 11 is 0. The maximum absolute atomic E-state index is 5.71. The topological polar surface area (TPSA) is 47.6 Å². The molecule has 1 rings (SSSR count). The van der Waals surface area contributed by atoms with Gasteiger partial charge in [0.15, 0.2) is 0 Å². The van der Waals surface area contributed by atoms with Gasteiger partial charge in [-0.05, 0) is 30.7 Å². The molecule has 1 aromatic rings. The minimum absolute atomic E-state index is 0.678. The van der Waals surface area contributed by atoms with E-state index in [0.717, 1.165) is 24.3 Å². The van der Waals surface area contributed by atoms with E-state index in [1.165, 1.54) is 0 Å². The zero-order chi connectivity index (χ0) is 10.4. The van der Waals surface area contributed by atoms with Crippen molar-refractivity contribution in [1.82, 2.24) is 0 Å². The van der Waals surface area contributed by atoms with Gasteiger partial charge in [0.25, 0.3) is 0 Å². The van der Waals surface area contributed by atoms with Crippen LogP contribution in [0.2, 0.25) is 0 Å². The van der Waals surface area contributed by atoms with Crippen LogP contribution in [-0.2, 0) is 0 Å². The van der Waals surface area contributed by atoms with Crippen molar-refractivity contribution in [2.24, 2.45) is 10.7 Å². The minimum Gasteiger partial charge on any atom is -0.497 e. The summed E-state index contributed by atoms with van der Waals surface area (Å²) in [5.41, 5.74) is 6.58. The predicted octanol–water partition coefficient (Wildman–Crippen LogP) is 2.48. The Morgan fingerprint density at radius 1 is 1.36 bits per heavy atom. The van der Waals surface area contributed by atoms with Crippen molar-refractivity contribution in [2.75, 3.05) is 7.11 Å². The third-order valence-corrected chi connectivity index (χ3v) is 1.85. The average molecular weight is 192 g/mol. The van der Waals surface area contributed by atoms with Gasteiger partial charge in [-0.1, -0.05) is 6.92 Å². The molecule has 0 aliphatic rings. The summed E-state index contributed by atoms with van der Waals surface area (Å²) in [5, 5.41) is 0. The Balaban J connectivity index is 2.72. The lowest BCUT2D eigenvalue weighted by atomic mass is 10.3. The molecule has 3 heteroatoms. The monoisotopic (exact) mass is 192 g/mol. The highest BCUT2D eigenvalue weighted by molar-refractivity contribution is 5.83. The first-order valence-electron chi connectivity index (χ1n) is 4.73. The minimum atomic E-state index is 0.678. The molecule has 0 radical (unpaired) electrons. The van der Waals surface area contributed by atoms with Gasteiger partial charge in [-0.15, -0.1) is 0 Å². The van der Waals surface area contributed by atoms with Gasteiger partial charge >= 0.3 is 0 Å². The Morgan fingerprint density at radius 2 is 2.00 bits per heavy atom. The fourth-order valence-corrected chi connectivity index (χ4v) is 1.13. The smallest absolute Gasteiger partial charge is 0.119 e. The molecule has 0 saturated carbocycles. The quantitative estimate of drug-likeness (QED) is 0.588. The fourth-order valence-electron chi connectivity index (χ4n) is 1.13. The van der Waals surface area contributed by atoms with Crippen LogP contribution < -0.4 is 10.5 Å². The lowest BCUT2D eigenvalue weighted by Gasteiger charge is -2.00. The molecule has 0 saturated heterocycles. The molecule has 0 aliphatic carbocycles. The van der Waals surface area contributed by atoms with Gasteiger partial charge in [0.05, 0.1) is 18.6 Å². The number of nitrogens with zero attached hydrogens (tertiary/aromatic N) is 1. The van der Waals surface area contributed by atoms with Crippen LogP contribution in [0.5, 0.6) is 5.75 Å². The van der Waals surface area contributed by atoms with E-state index >= 15 is 0 Å². The molecule has 0 fully saturated rings. The highest BCUT2D eigenvalue weighted by atomic mass is 16.5. The Hall–Kier alpha value is -1.51. The van der Waals surface area contributed by atoms with Gasteiger partial charge in [0.1, 0.15) is 5.75 Å². The highest BCUT2D eigenvalue weighted by Gasteiger charge is 1.93. The first-order valence-corrected chi connectivity index (χ1v) is 4.73. The summed E-state index contributed by atoms with van der Waals surface area (Å²) in [6.45, 7) is 2.08. The zero-order valence-corrected chi connectivity index (χ0v) is 8.66. The van der Waals surface area contributed by atoms with E-state index in [-0.39, 0.29) is 0 Å². The van der Waals surface area contributed by atoms with E-state index in [1.807, 2.05) is 24.3 Å². The van der Waals surface area contributed by atoms with Crippen LogP contribution in [0.25, 0.3) is 0 Å². The van der Waals surface area contributed by atoms with Crippen LogP contribution >= 0.6 is 0 Å². The average Bonchev–Trinajstić information content (AvgIpc) is 2.19. The van der Waals surface area contributed by atoms with Gasteiger partial charge in [-0.2, -0.15) is 0 Å². The van der Waals surface area contributed by atoms with Crippen molar-refractivity contribution in [1.29, 1.82) is 0 Å². The molecule has 0 aliphatic heterocycles. The fraction of sp³-hybridized carbons (Fsp3) is 0.364. The molecule has 0 unspecified atom stereocenters. The number of hydrogen-bond donors (Lipinski definition) is 1. The Kier molecular flexibility index (Phi) is 3.98. The Bertz CT molecular complexity index is 304. The summed E-state index contributed by atoms with van der Waals surface area (Å²) < 4.78 is 5.04. The number of rotatable bonds is 4. The third-order valence-electron chi connectivity index (χ3n) is 1.85. The van der Waals surface area contributed by atoms with E-state index in [2.05, 4.69) is 11.9 Å². The van der Waals surface area contributed by atoms with Crippen LogP contribution in [0.1, 0.15) is 19.8 Å². The molecule has 0 aromatic heterocycles. The summed E-state index contributed by atoms with van der Waals surface area (Å²) in [6.07, 6.45) is 1.86. The van der Waals surface area contributed by atoms with Crippen molar-refractivity contribution in [3.63, 3.8) is 0 Å². The molecular weight excluding hydrogens is 176 g/mol. The van der Waals surface area contributed by atoms with E-state index < -0.39 is 0 Å². The normalized spacial score (nSPS) is 11.4. The van der Waals surface area contributed by atoms with Crippen LogP contribution in [0.4, 0.5) is 5.69 Å². The molecule has 0 spiro atoms. The summed E-state index contributed by atoms with van der Waals surface area (Å²) in [5.74, 6) is 1.51. The maximum atomic E-state index is 5.71. The molecule has 0 amide bonds. The SMILES string of the molecule is CCCC(N)=Nc1ccc(OC)cc1. The van der Waals surface area contributed by atoms with E-state index in [0.29, 0.717) is 5.84 Å². The van der Waals surface area contributed by atoms with Crippen molar-refractivity contribution in [3.05, 3.63) is 24.3 Å².